The summed E-state index contributed by atoms with van der Waals surface area (Å²) in [6.07, 6.45) is 2.56. The van der Waals surface area contributed by atoms with E-state index in [2.05, 4.69) is 23.3 Å². The van der Waals surface area contributed by atoms with Crippen LogP contribution < -0.4 is 10.2 Å². The summed E-state index contributed by atoms with van der Waals surface area (Å²) in [6, 6.07) is 8.04. The minimum atomic E-state index is 0.838. The maximum absolute atomic E-state index is 6.16. The Hall–Kier alpha value is -0.730. The molecule has 0 aliphatic carbocycles. The SMILES string of the molecule is CN(CCC1CCNC1)c1ccccc1Cl. The third kappa shape index (κ3) is 2.89. The van der Waals surface area contributed by atoms with Crippen molar-refractivity contribution in [1.82, 2.24) is 5.32 Å². The van der Waals surface area contributed by atoms with Gasteiger partial charge in [0.2, 0.25) is 0 Å². The molecule has 1 aliphatic heterocycles. The van der Waals surface area contributed by atoms with Crippen LogP contribution >= 0.6 is 11.6 Å². The number of benzene rings is 1. The number of hydrogen-bond donors (Lipinski definition) is 1. The van der Waals surface area contributed by atoms with Gasteiger partial charge in [0.25, 0.3) is 0 Å². The molecular formula is C13H19ClN2. The Morgan fingerprint density at radius 2 is 2.25 bits per heavy atom. The molecule has 1 fully saturated rings. The third-order valence-electron chi connectivity index (χ3n) is 3.30. The fourth-order valence-electron chi connectivity index (χ4n) is 2.22. The predicted molar refractivity (Wildman–Crippen MR) is 70.3 cm³/mol. The standard InChI is InChI=1S/C13H19ClN2/c1-16(9-7-11-6-8-15-10-11)13-5-3-2-4-12(13)14/h2-5,11,15H,6-10H2,1H3. The second-order valence-electron chi connectivity index (χ2n) is 4.52. The topological polar surface area (TPSA) is 15.3 Å². The Kier molecular flexibility index (Phi) is 4.08. The number of anilines is 1. The van der Waals surface area contributed by atoms with Crippen LogP contribution in [0.1, 0.15) is 12.8 Å². The zero-order chi connectivity index (χ0) is 11.4. The Morgan fingerprint density at radius 1 is 1.44 bits per heavy atom. The lowest BCUT2D eigenvalue weighted by atomic mass is 10.0. The van der Waals surface area contributed by atoms with Gasteiger partial charge < -0.3 is 10.2 Å². The molecule has 1 atom stereocenters. The molecule has 2 nitrogen and oxygen atoms in total. The monoisotopic (exact) mass is 238 g/mol. The fraction of sp³-hybridized carbons (Fsp3) is 0.538. The molecule has 0 saturated carbocycles. The normalized spacial score (nSPS) is 20.0. The second-order valence-corrected chi connectivity index (χ2v) is 4.93. The minimum Gasteiger partial charge on any atom is -0.373 e. The summed E-state index contributed by atoms with van der Waals surface area (Å²) in [4.78, 5) is 2.25. The first-order chi connectivity index (χ1) is 7.77. The Bertz CT molecular complexity index is 334. The zero-order valence-corrected chi connectivity index (χ0v) is 10.5. The van der Waals surface area contributed by atoms with Crippen molar-refractivity contribution in [2.75, 3.05) is 31.6 Å². The van der Waals surface area contributed by atoms with Crippen LogP contribution in [-0.4, -0.2) is 26.7 Å². The maximum Gasteiger partial charge on any atom is 0.0639 e. The molecule has 16 heavy (non-hydrogen) atoms. The largest absolute Gasteiger partial charge is 0.373 e. The van der Waals surface area contributed by atoms with E-state index in [0.717, 1.165) is 23.2 Å². The van der Waals surface area contributed by atoms with Crippen LogP contribution in [0.4, 0.5) is 5.69 Å². The van der Waals surface area contributed by atoms with Gasteiger partial charge in [-0.1, -0.05) is 23.7 Å². The molecule has 0 amide bonds. The molecule has 1 heterocycles. The Morgan fingerprint density at radius 3 is 2.94 bits per heavy atom. The molecule has 1 aromatic rings. The van der Waals surface area contributed by atoms with Gasteiger partial charge in [-0.05, 0) is 44.0 Å². The first-order valence-electron chi connectivity index (χ1n) is 5.94. The van der Waals surface area contributed by atoms with Gasteiger partial charge in [0, 0.05) is 13.6 Å². The highest BCUT2D eigenvalue weighted by atomic mass is 35.5. The van der Waals surface area contributed by atoms with Crippen LogP contribution in [0.2, 0.25) is 5.02 Å². The summed E-state index contributed by atoms with van der Waals surface area (Å²) in [7, 11) is 2.11. The number of hydrogen-bond acceptors (Lipinski definition) is 2. The van der Waals surface area contributed by atoms with E-state index in [1.807, 2.05) is 18.2 Å². The van der Waals surface area contributed by atoms with Gasteiger partial charge >= 0.3 is 0 Å². The molecule has 3 heteroatoms. The van der Waals surface area contributed by atoms with Crippen molar-refractivity contribution in [1.29, 1.82) is 0 Å². The summed E-state index contributed by atoms with van der Waals surface area (Å²) in [5, 5.41) is 4.24. The van der Waals surface area contributed by atoms with Crippen LogP contribution in [0.15, 0.2) is 24.3 Å². The zero-order valence-electron chi connectivity index (χ0n) is 9.75. The number of rotatable bonds is 4. The molecule has 2 rings (SSSR count). The van der Waals surface area contributed by atoms with Gasteiger partial charge in [-0.25, -0.2) is 0 Å². The molecule has 1 unspecified atom stereocenters. The highest BCUT2D eigenvalue weighted by molar-refractivity contribution is 6.33. The first-order valence-corrected chi connectivity index (χ1v) is 6.31. The summed E-state index contributed by atoms with van der Waals surface area (Å²) in [5.74, 6) is 0.838. The van der Waals surface area contributed by atoms with Crippen molar-refractivity contribution in [3.05, 3.63) is 29.3 Å². The molecule has 0 bridgehead atoms. The predicted octanol–water partition coefficient (Wildman–Crippen LogP) is 2.78. The lowest BCUT2D eigenvalue weighted by molar-refractivity contribution is 0.534. The van der Waals surface area contributed by atoms with Gasteiger partial charge in [0.1, 0.15) is 0 Å². The van der Waals surface area contributed by atoms with Gasteiger partial charge in [-0.2, -0.15) is 0 Å². The van der Waals surface area contributed by atoms with E-state index in [9.17, 15) is 0 Å². The van der Waals surface area contributed by atoms with Crippen molar-refractivity contribution >= 4 is 17.3 Å². The van der Waals surface area contributed by atoms with E-state index >= 15 is 0 Å². The van der Waals surface area contributed by atoms with Gasteiger partial charge in [0.15, 0.2) is 0 Å². The quantitative estimate of drug-likeness (QED) is 0.868. The average Bonchev–Trinajstić information content (AvgIpc) is 2.79. The maximum atomic E-state index is 6.16. The molecule has 1 saturated heterocycles. The molecule has 0 radical (unpaired) electrons. The van der Waals surface area contributed by atoms with Gasteiger partial charge in [0.05, 0.1) is 10.7 Å². The van der Waals surface area contributed by atoms with E-state index in [4.69, 9.17) is 11.6 Å². The van der Waals surface area contributed by atoms with Crippen molar-refractivity contribution in [3.8, 4) is 0 Å². The van der Waals surface area contributed by atoms with Crippen LogP contribution in [0.3, 0.4) is 0 Å². The third-order valence-corrected chi connectivity index (χ3v) is 3.62. The Labute approximate surface area is 103 Å². The highest BCUT2D eigenvalue weighted by Gasteiger charge is 2.15. The second kappa shape index (κ2) is 5.55. The van der Waals surface area contributed by atoms with E-state index in [1.165, 1.54) is 25.9 Å². The van der Waals surface area contributed by atoms with Crippen molar-refractivity contribution in [2.45, 2.75) is 12.8 Å². The van der Waals surface area contributed by atoms with Gasteiger partial charge in [-0.15, -0.1) is 0 Å². The van der Waals surface area contributed by atoms with E-state index in [-0.39, 0.29) is 0 Å². The summed E-state index contributed by atoms with van der Waals surface area (Å²) < 4.78 is 0. The van der Waals surface area contributed by atoms with Crippen molar-refractivity contribution in [3.63, 3.8) is 0 Å². The molecular weight excluding hydrogens is 220 g/mol. The van der Waals surface area contributed by atoms with Crippen LogP contribution in [0, 0.1) is 5.92 Å². The molecule has 0 aromatic heterocycles. The first kappa shape index (κ1) is 11.7. The van der Waals surface area contributed by atoms with Crippen molar-refractivity contribution in [2.24, 2.45) is 5.92 Å². The Balaban J connectivity index is 1.87. The van der Waals surface area contributed by atoms with Gasteiger partial charge in [-0.3, -0.25) is 0 Å². The summed E-state index contributed by atoms with van der Waals surface area (Å²) >= 11 is 6.16. The van der Waals surface area contributed by atoms with Crippen molar-refractivity contribution < 1.29 is 0 Å². The van der Waals surface area contributed by atoms with Crippen LogP contribution in [0.5, 0.6) is 0 Å². The molecule has 1 N–H and O–H groups in total. The number of nitrogens with one attached hydrogen (secondary N) is 1. The smallest absolute Gasteiger partial charge is 0.0639 e. The number of para-hydroxylation sites is 1. The molecule has 1 aromatic carbocycles. The molecule has 0 spiro atoms. The average molecular weight is 239 g/mol. The summed E-state index contributed by atoms with van der Waals surface area (Å²) in [6.45, 7) is 3.44. The van der Waals surface area contributed by atoms with Crippen LogP contribution in [0.25, 0.3) is 0 Å². The highest BCUT2D eigenvalue weighted by Crippen LogP contribution is 2.25. The van der Waals surface area contributed by atoms with E-state index in [0.29, 0.717) is 0 Å². The lowest BCUT2D eigenvalue weighted by Gasteiger charge is -2.22. The summed E-state index contributed by atoms with van der Waals surface area (Å²) in [5.41, 5.74) is 1.13. The van der Waals surface area contributed by atoms with E-state index in [1.54, 1.807) is 0 Å². The lowest BCUT2D eigenvalue weighted by Crippen LogP contribution is -2.22. The molecule has 88 valence electrons. The fourth-order valence-corrected chi connectivity index (χ4v) is 2.50. The van der Waals surface area contributed by atoms with Crippen LogP contribution in [-0.2, 0) is 0 Å². The molecule has 1 aliphatic rings. The number of nitrogens with zero attached hydrogens (tertiary/aromatic N) is 1. The number of halogens is 1. The minimum absolute atomic E-state index is 0.838. The van der Waals surface area contributed by atoms with E-state index < -0.39 is 0 Å².